The minimum absolute atomic E-state index is 0.381. The van der Waals surface area contributed by atoms with E-state index in [-0.39, 0.29) is 0 Å². The van der Waals surface area contributed by atoms with E-state index in [9.17, 15) is 4.79 Å². The highest BCUT2D eigenvalue weighted by Gasteiger charge is 2.35. The predicted molar refractivity (Wildman–Crippen MR) is 193 cm³/mol. The molecule has 240 valence electrons. The molecule has 0 amide bonds. The van der Waals surface area contributed by atoms with Crippen LogP contribution in [0.1, 0.15) is 111 Å². The second kappa shape index (κ2) is 15.6. The van der Waals surface area contributed by atoms with Gasteiger partial charge < -0.3 is 14.4 Å². The molecule has 3 aliphatic rings. The molecule has 5 heteroatoms. The Kier molecular flexibility index (Phi) is 10.9. The third kappa shape index (κ3) is 7.25. The van der Waals surface area contributed by atoms with Crippen LogP contribution in [0, 0.1) is 0 Å². The number of benzene rings is 3. The molecular weight excluding hydrogens is 587 g/mol. The SMILES string of the molecule is CCCCCCOc1ccc(N(c2ccc(OCCCCCC)cc2)c2ccc(-c3sc(C=O)c4c3C3C=CC4CC3)cc2)cc1. The molecule has 4 nitrogen and oxygen atoms in total. The average Bonchev–Trinajstić information content (AvgIpc) is 3.53. The largest absolute Gasteiger partial charge is 0.494 e. The summed E-state index contributed by atoms with van der Waals surface area (Å²) in [5, 5.41) is 0. The van der Waals surface area contributed by atoms with Crippen LogP contribution in [0.3, 0.4) is 0 Å². The summed E-state index contributed by atoms with van der Waals surface area (Å²) in [6.45, 7) is 5.96. The Bertz CT molecular complexity index is 1530. The molecule has 7 rings (SSSR count). The zero-order chi connectivity index (χ0) is 31.7. The van der Waals surface area contributed by atoms with Crippen LogP contribution in [0.4, 0.5) is 17.1 Å². The minimum atomic E-state index is 0.381. The second-order valence-corrected chi connectivity index (χ2v) is 13.7. The molecule has 1 heterocycles. The van der Waals surface area contributed by atoms with E-state index >= 15 is 0 Å². The molecular formula is C41H47NO3S. The van der Waals surface area contributed by atoms with Crippen molar-refractivity contribution < 1.29 is 14.3 Å². The Morgan fingerprint density at radius 3 is 1.59 bits per heavy atom. The molecule has 0 radical (unpaired) electrons. The Hall–Kier alpha value is -3.83. The van der Waals surface area contributed by atoms with Gasteiger partial charge in [0.15, 0.2) is 6.29 Å². The van der Waals surface area contributed by atoms with Crippen molar-refractivity contribution >= 4 is 34.7 Å². The first-order valence-corrected chi connectivity index (χ1v) is 18.2. The van der Waals surface area contributed by atoms with Crippen molar-refractivity contribution in [2.75, 3.05) is 18.1 Å². The Morgan fingerprint density at radius 2 is 1.13 bits per heavy atom. The van der Waals surface area contributed by atoms with Gasteiger partial charge in [-0.05, 0) is 103 Å². The molecule has 4 aromatic rings. The number of aldehydes is 1. The van der Waals surface area contributed by atoms with Gasteiger partial charge in [-0.15, -0.1) is 11.3 Å². The van der Waals surface area contributed by atoms with Crippen molar-refractivity contribution in [2.45, 2.75) is 89.9 Å². The number of nitrogens with zero attached hydrogens (tertiary/aromatic N) is 1. The maximum atomic E-state index is 12.1. The molecule has 2 bridgehead atoms. The third-order valence-corrected chi connectivity index (χ3v) is 10.5. The van der Waals surface area contributed by atoms with Crippen molar-refractivity contribution in [3.63, 3.8) is 0 Å². The highest BCUT2D eigenvalue weighted by Crippen LogP contribution is 2.53. The van der Waals surface area contributed by atoms with Crippen LogP contribution in [0.15, 0.2) is 84.9 Å². The Morgan fingerprint density at radius 1 is 0.652 bits per heavy atom. The number of carbonyl (C=O) groups excluding carboxylic acids is 1. The monoisotopic (exact) mass is 633 g/mol. The zero-order valence-corrected chi connectivity index (χ0v) is 28.2. The van der Waals surface area contributed by atoms with Crippen molar-refractivity contribution in [3.8, 4) is 21.9 Å². The third-order valence-electron chi connectivity index (χ3n) is 9.34. The highest BCUT2D eigenvalue weighted by molar-refractivity contribution is 7.17. The standard InChI is InChI=1S/C41H47NO3S/c1-3-5-7-9-27-44-36-23-19-34(20-24-36)42(35-21-25-37(26-22-35)45-28-10-8-6-4-2)33-17-15-32(16-18-33)41-40-31-13-11-30(12-14-31)39(40)38(29-43)46-41/h11,13,15-26,29-31H,3-10,12,14,27-28H2,1-2H3. The van der Waals surface area contributed by atoms with Crippen LogP contribution in [0.5, 0.6) is 11.5 Å². The molecule has 2 atom stereocenters. The lowest BCUT2D eigenvalue weighted by Crippen LogP contribution is -2.16. The number of carbonyl (C=O) groups is 1. The quantitative estimate of drug-likeness (QED) is 0.0659. The number of allylic oxidation sites excluding steroid dienone is 2. The molecule has 2 unspecified atom stereocenters. The van der Waals surface area contributed by atoms with Gasteiger partial charge in [0.1, 0.15) is 11.5 Å². The van der Waals surface area contributed by atoms with Crippen molar-refractivity contribution in [2.24, 2.45) is 0 Å². The van der Waals surface area contributed by atoms with Crippen LogP contribution in [0.25, 0.3) is 10.4 Å². The van der Waals surface area contributed by atoms with E-state index in [0.29, 0.717) is 11.8 Å². The van der Waals surface area contributed by atoms with Gasteiger partial charge in [-0.3, -0.25) is 4.79 Å². The Balaban J connectivity index is 1.25. The number of unbranched alkanes of at least 4 members (excludes halogenated alkanes) is 6. The van der Waals surface area contributed by atoms with E-state index in [1.165, 1.54) is 66.5 Å². The van der Waals surface area contributed by atoms with Gasteiger partial charge in [0.25, 0.3) is 0 Å². The van der Waals surface area contributed by atoms with Gasteiger partial charge in [-0.25, -0.2) is 0 Å². The molecule has 3 aromatic carbocycles. The first-order chi connectivity index (χ1) is 22.7. The maximum absolute atomic E-state index is 12.1. The van der Waals surface area contributed by atoms with E-state index in [1.54, 1.807) is 11.3 Å². The topological polar surface area (TPSA) is 38.8 Å². The van der Waals surface area contributed by atoms with Crippen molar-refractivity contribution in [3.05, 3.63) is 101 Å². The molecule has 0 N–H and O–H groups in total. The number of anilines is 3. The highest BCUT2D eigenvalue weighted by atomic mass is 32.1. The van der Waals surface area contributed by atoms with Crippen molar-refractivity contribution in [1.82, 2.24) is 0 Å². The van der Waals surface area contributed by atoms with E-state index < -0.39 is 0 Å². The molecule has 0 saturated carbocycles. The van der Waals surface area contributed by atoms with Crippen LogP contribution in [-0.4, -0.2) is 19.5 Å². The average molecular weight is 634 g/mol. The van der Waals surface area contributed by atoms with Gasteiger partial charge in [0.05, 0.1) is 18.1 Å². The van der Waals surface area contributed by atoms with Gasteiger partial charge in [-0.1, -0.05) is 76.7 Å². The van der Waals surface area contributed by atoms with Crippen LogP contribution >= 0.6 is 11.3 Å². The summed E-state index contributed by atoms with van der Waals surface area (Å²) in [5.41, 5.74) is 7.05. The summed E-state index contributed by atoms with van der Waals surface area (Å²) < 4.78 is 12.1. The molecule has 46 heavy (non-hydrogen) atoms. The number of rotatable bonds is 17. The predicted octanol–water partition coefficient (Wildman–Crippen LogP) is 12.1. The zero-order valence-electron chi connectivity index (χ0n) is 27.4. The minimum Gasteiger partial charge on any atom is -0.494 e. The summed E-state index contributed by atoms with van der Waals surface area (Å²) in [7, 11) is 0. The number of hydrogen-bond donors (Lipinski definition) is 0. The Labute approximate surface area is 279 Å². The van der Waals surface area contributed by atoms with Crippen molar-refractivity contribution in [1.29, 1.82) is 0 Å². The number of fused-ring (bicyclic) bond motifs is 1. The van der Waals surface area contributed by atoms with Gasteiger partial charge in [0, 0.05) is 33.8 Å². The fourth-order valence-corrected chi connectivity index (χ4v) is 8.12. The van der Waals surface area contributed by atoms with Crippen LogP contribution in [0.2, 0.25) is 0 Å². The van der Waals surface area contributed by atoms with Crippen LogP contribution in [-0.2, 0) is 0 Å². The van der Waals surface area contributed by atoms with Gasteiger partial charge in [0.2, 0.25) is 0 Å². The van der Waals surface area contributed by atoms with Gasteiger partial charge in [-0.2, -0.15) is 0 Å². The summed E-state index contributed by atoms with van der Waals surface area (Å²) >= 11 is 1.66. The van der Waals surface area contributed by atoms with E-state index in [2.05, 4.69) is 104 Å². The van der Waals surface area contributed by atoms with E-state index in [0.717, 1.165) is 72.2 Å². The van der Waals surface area contributed by atoms with E-state index in [1.807, 2.05) is 0 Å². The summed E-state index contributed by atoms with van der Waals surface area (Å²) in [6.07, 6.45) is 17.6. The number of thiophene rings is 1. The summed E-state index contributed by atoms with van der Waals surface area (Å²) in [4.78, 5) is 16.5. The van der Waals surface area contributed by atoms with E-state index in [4.69, 9.17) is 9.47 Å². The molecule has 1 aromatic heterocycles. The summed E-state index contributed by atoms with van der Waals surface area (Å²) in [5.74, 6) is 2.60. The summed E-state index contributed by atoms with van der Waals surface area (Å²) in [6, 6.07) is 25.7. The number of hydrogen-bond acceptors (Lipinski definition) is 5. The molecule has 3 aliphatic carbocycles. The van der Waals surface area contributed by atoms with Gasteiger partial charge >= 0.3 is 0 Å². The second-order valence-electron chi connectivity index (χ2n) is 12.6. The van der Waals surface area contributed by atoms with Crippen LogP contribution < -0.4 is 14.4 Å². The molecule has 0 spiro atoms. The smallest absolute Gasteiger partial charge is 0.160 e. The lowest BCUT2D eigenvalue weighted by Gasteiger charge is -2.32. The first-order valence-electron chi connectivity index (χ1n) is 17.4. The first kappa shape index (κ1) is 32.1. The maximum Gasteiger partial charge on any atom is 0.160 e. The molecule has 0 saturated heterocycles. The fourth-order valence-electron chi connectivity index (χ4n) is 6.86. The number of ether oxygens (including phenoxy) is 2. The molecule has 0 aliphatic heterocycles. The fraction of sp³-hybridized carbons (Fsp3) is 0.390. The normalized spacial score (nSPS) is 16.3. The lowest BCUT2D eigenvalue weighted by atomic mass is 9.71. The lowest BCUT2D eigenvalue weighted by molar-refractivity contribution is 0.112. The molecule has 0 fully saturated rings.